The fourth-order valence-corrected chi connectivity index (χ4v) is 3.41. The molecule has 7 heteroatoms. The molecule has 0 spiro atoms. The molecule has 0 radical (unpaired) electrons. The molecule has 142 valence electrons. The molecule has 1 N–H and O–H groups in total. The molecule has 26 heavy (non-hydrogen) atoms. The van der Waals surface area contributed by atoms with E-state index in [0.717, 1.165) is 37.4 Å². The fraction of sp³-hybridized carbons (Fsp3) is 0.579. The van der Waals surface area contributed by atoms with Gasteiger partial charge in [0.1, 0.15) is 12.4 Å². The van der Waals surface area contributed by atoms with E-state index >= 15 is 0 Å². The van der Waals surface area contributed by atoms with Gasteiger partial charge in [-0.15, -0.1) is 0 Å². The van der Waals surface area contributed by atoms with Crippen LogP contribution in [0.1, 0.15) is 29.6 Å². The maximum absolute atomic E-state index is 12.5. The standard InChI is InChI=1S/C19H27N3O4/c1-21-15(12-18(23)22-8-3-4-9-22)13-26-17-6-5-14(11-16(17)21)19(24)20-7-10-25-2/h5-6,11,15H,3-4,7-10,12-13H2,1-2H3,(H,20,24)/t15-/m0/s1. The number of nitrogens with zero attached hydrogens (tertiary/aromatic N) is 2. The highest BCUT2D eigenvalue weighted by molar-refractivity contribution is 5.95. The van der Waals surface area contributed by atoms with E-state index in [0.29, 0.717) is 31.7 Å². The number of carbonyl (C=O) groups is 2. The molecule has 2 amide bonds. The largest absolute Gasteiger partial charge is 0.489 e. The van der Waals surface area contributed by atoms with E-state index < -0.39 is 0 Å². The van der Waals surface area contributed by atoms with E-state index in [1.165, 1.54) is 0 Å². The van der Waals surface area contributed by atoms with E-state index in [1.54, 1.807) is 13.2 Å². The maximum atomic E-state index is 12.5. The molecular weight excluding hydrogens is 334 g/mol. The summed E-state index contributed by atoms with van der Waals surface area (Å²) in [6, 6.07) is 5.37. The zero-order valence-corrected chi connectivity index (χ0v) is 15.5. The third-order valence-corrected chi connectivity index (χ3v) is 5.04. The second kappa shape index (κ2) is 8.40. The Morgan fingerprint density at radius 2 is 2.08 bits per heavy atom. The van der Waals surface area contributed by atoms with Crippen molar-refractivity contribution >= 4 is 17.5 Å². The zero-order valence-electron chi connectivity index (χ0n) is 15.5. The van der Waals surface area contributed by atoms with Crippen LogP contribution < -0.4 is 15.0 Å². The number of hydrogen-bond acceptors (Lipinski definition) is 5. The number of methoxy groups -OCH3 is 1. The second-order valence-electron chi connectivity index (χ2n) is 6.80. The number of benzene rings is 1. The highest BCUT2D eigenvalue weighted by Crippen LogP contribution is 2.34. The smallest absolute Gasteiger partial charge is 0.251 e. The van der Waals surface area contributed by atoms with Crippen LogP contribution in [0, 0.1) is 0 Å². The van der Waals surface area contributed by atoms with Gasteiger partial charge in [-0.2, -0.15) is 0 Å². The van der Waals surface area contributed by atoms with Gasteiger partial charge in [0.2, 0.25) is 5.91 Å². The highest BCUT2D eigenvalue weighted by Gasteiger charge is 2.29. The molecule has 3 rings (SSSR count). The third-order valence-electron chi connectivity index (χ3n) is 5.04. The Bertz CT molecular complexity index is 658. The highest BCUT2D eigenvalue weighted by atomic mass is 16.5. The maximum Gasteiger partial charge on any atom is 0.251 e. The molecule has 1 aromatic rings. The molecule has 1 aromatic carbocycles. The number of ether oxygens (including phenoxy) is 2. The number of likely N-dealkylation sites (N-methyl/N-ethyl adjacent to an activating group) is 1. The average Bonchev–Trinajstić information content (AvgIpc) is 3.19. The summed E-state index contributed by atoms with van der Waals surface area (Å²) in [5.41, 5.74) is 1.41. The van der Waals surface area contributed by atoms with Crippen molar-refractivity contribution in [3.05, 3.63) is 23.8 Å². The minimum Gasteiger partial charge on any atom is -0.489 e. The minimum absolute atomic E-state index is 0.0256. The second-order valence-corrected chi connectivity index (χ2v) is 6.80. The summed E-state index contributed by atoms with van der Waals surface area (Å²) in [5.74, 6) is 0.777. The lowest BCUT2D eigenvalue weighted by molar-refractivity contribution is -0.130. The van der Waals surface area contributed by atoms with Gasteiger partial charge in [-0.25, -0.2) is 0 Å². The molecule has 0 aliphatic carbocycles. The Labute approximate surface area is 154 Å². The molecular formula is C19H27N3O4. The van der Waals surface area contributed by atoms with E-state index in [9.17, 15) is 9.59 Å². The lowest BCUT2D eigenvalue weighted by Gasteiger charge is -2.36. The molecule has 1 saturated heterocycles. The minimum atomic E-state index is -0.145. The van der Waals surface area contributed by atoms with E-state index in [1.807, 2.05) is 24.1 Å². The predicted octanol–water partition coefficient (Wildman–Crippen LogP) is 1.27. The van der Waals surface area contributed by atoms with Crippen molar-refractivity contribution in [1.82, 2.24) is 10.2 Å². The summed E-state index contributed by atoms with van der Waals surface area (Å²) in [7, 11) is 3.55. The van der Waals surface area contributed by atoms with E-state index in [-0.39, 0.29) is 17.9 Å². The number of rotatable bonds is 6. The Hall–Kier alpha value is -2.28. The number of fused-ring (bicyclic) bond motifs is 1. The number of likely N-dealkylation sites (tertiary alicyclic amines) is 1. The van der Waals surface area contributed by atoms with Crippen LogP contribution in [0.25, 0.3) is 0 Å². The Balaban J connectivity index is 1.67. The van der Waals surface area contributed by atoms with Gasteiger partial charge in [-0.1, -0.05) is 0 Å². The van der Waals surface area contributed by atoms with Crippen molar-refractivity contribution in [2.24, 2.45) is 0 Å². The quantitative estimate of drug-likeness (QED) is 0.773. The molecule has 2 aliphatic heterocycles. The SMILES string of the molecule is COCCNC(=O)c1ccc2c(c1)N(C)[C@@H](CC(=O)N1CCCC1)CO2. The Morgan fingerprint density at radius 1 is 1.31 bits per heavy atom. The first-order chi connectivity index (χ1) is 12.6. The van der Waals surface area contributed by atoms with E-state index in [4.69, 9.17) is 9.47 Å². The van der Waals surface area contributed by atoms with Crippen LogP contribution in [-0.2, 0) is 9.53 Å². The summed E-state index contributed by atoms with van der Waals surface area (Å²) in [6.45, 7) is 3.13. The summed E-state index contributed by atoms with van der Waals surface area (Å²) < 4.78 is 10.8. The van der Waals surface area contributed by atoms with Gasteiger partial charge in [0.25, 0.3) is 5.91 Å². The van der Waals surface area contributed by atoms with Crippen molar-refractivity contribution in [2.45, 2.75) is 25.3 Å². The molecule has 0 bridgehead atoms. The first-order valence-corrected chi connectivity index (χ1v) is 9.14. The van der Waals surface area contributed by atoms with Crippen LogP contribution in [0.5, 0.6) is 5.75 Å². The zero-order chi connectivity index (χ0) is 18.5. The van der Waals surface area contributed by atoms with Crippen LogP contribution >= 0.6 is 0 Å². The topological polar surface area (TPSA) is 71.1 Å². The lowest BCUT2D eigenvalue weighted by Crippen LogP contribution is -2.44. The predicted molar refractivity (Wildman–Crippen MR) is 98.8 cm³/mol. The molecule has 2 heterocycles. The van der Waals surface area contributed by atoms with Gasteiger partial charge >= 0.3 is 0 Å². The number of nitrogens with one attached hydrogen (secondary N) is 1. The number of amides is 2. The lowest BCUT2D eigenvalue weighted by atomic mass is 10.1. The van der Waals surface area contributed by atoms with E-state index in [2.05, 4.69) is 10.2 Å². The molecule has 0 aromatic heterocycles. The molecule has 7 nitrogen and oxygen atoms in total. The van der Waals surface area contributed by atoms with Gasteiger partial charge in [0.15, 0.2) is 0 Å². The van der Waals surface area contributed by atoms with Gasteiger partial charge in [-0.05, 0) is 31.0 Å². The van der Waals surface area contributed by atoms with Crippen LogP contribution in [0.15, 0.2) is 18.2 Å². The van der Waals surface area contributed by atoms with Gasteiger partial charge in [0.05, 0.1) is 24.8 Å². The number of anilines is 1. The number of hydrogen-bond donors (Lipinski definition) is 1. The van der Waals surface area contributed by atoms with Crippen LogP contribution in [-0.4, -0.2) is 69.8 Å². The van der Waals surface area contributed by atoms with Crippen molar-refractivity contribution in [2.75, 3.05) is 51.9 Å². The van der Waals surface area contributed by atoms with Crippen LogP contribution in [0.4, 0.5) is 5.69 Å². The van der Waals surface area contributed by atoms with Crippen molar-refractivity contribution in [3.8, 4) is 5.75 Å². The molecule has 0 unspecified atom stereocenters. The summed E-state index contributed by atoms with van der Waals surface area (Å²) in [4.78, 5) is 28.7. The Morgan fingerprint density at radius 3 is 2.81 bits per heavy atom. The molecule has 0 saturated carbocycles. The Kier molecular flexibility index (Phi) is 5.98. The van der Waals surface area contributed by atoms with Crippen LogP contribution in [0.3, 0.4) is 0 Å². The normalized spacial score (nSPS) is 19.1. The summed E-state index contributed by atoms with van der Waals surface area (Å²) in [6.07, 6.45) is 2.61. The van der Waals surface area contributed by atoms with Crippen molar-refractivity contribution in [1.29, 1.82) is 0 Å². The van der Waals surface area contributed by atoms with Gasteiger partial charge < -0.3 is 24.6 Å². The van der Waals surface area contributed by atoms with Crippen molar-refractivity contribution in [3.63, 3.8) is 0 Å². The third kappa shape index (κ3) is 4.09. The fourth-order valence-electron chi connectivity index (χ4n) is 3.41. The molecule has 2 aliphatic rings. The van der Waals surface area contributed by atoms with Gasteiger partial charge in [0, 0.05) is 39.4 Å². The van der Waals surface area contributed by atoms with Gasteiger partial charge in [-0.3, -0.25) is 9.59 Å². The summed E-state index contributed by atoms with van der Waals surface area (Å²) >= 11 is 0. The summed E-state index contributed by atoms with van der Waals surface area (Å²) in [5, 5.41) is 2.82. The first-order valence-electron chi connectivity index (χ1n) is 9.14. The number of carbonyl (C=O) groups excluding carboxylic acids is 2. The van der Waals surface area contributed by atoms with Crippen molar-refractivity contribution < 1.29 is 19.1 Å². The average molecular weight is 361 g/mol. The molecule has 1 atom stereocenters. The first kappa shape index (κ1) is 18.5. The van der Waals surface area contributed by atoms with Crippen LogP contribution in [0.2, 0.25) is 0 Å². The molecule has 1 fully saturated rings. The monoisotopic (exact) mass is 361 g/mol.